The molecule has 1 N–H and O–H groups in total. The minimum atomic E-state index is -0.213. The van der Waals surface area contributed by atoms with Gasteiger partial charge in [0.05, 0.1) is 38.2 Å². The van der Waals surface area contributed by atoms with Crippen molar-refractivity contribution in [2.45, 2.75) is 6.92 Å². The molecule has 0 aliphatic heterocycles. The molecule has 0 fully saturated rings. The minimum absolute atomic E-state index is 0.213. The van der Waals surface area contributed by atoms with Crippen LogP contribution >= 0.6 is 0 Å². The van der Waals surface area contributed by atoms with Gasteiger partial charge in [0.25, 0.3) is 5.56 Å². The van der Waals surface area contributed by atoms with Gasteiger partial charge in [-0.3, -0.25) is 14.4 Å². The zero-order valence-electron chi connectivity index (χ0n) is 14.9. The molecule has 25 heavy (non-hydrogen) atoms. The van der Waals surface area contributed by atoms with Crippen molar-refractivity contribution in [1.29, 1.82) is 0 Å². The number of quaternary nitrogens is 1. The maximum atomic E-state index is 12.6. The lowest BCUT2D eigenvalue weighted by Gasteiger charge is -2.23. The molecule has 3 aromatic rings. The number of para-hydroxylation sites is 1. The lowest BCUT2D eigenvalue weighted by atomic mass is 10.2. The molecule has 0 aliphatic rings. The van der Waals surface area contributed by atoms with Crippen molar-refractivity contribution in [2.75, 3.05) is 21.1 Å². The highest BCUT2D eigenvalue weighted by Crippen LogP contribution is 2.25. The molecule has 2 aromatic carbocycles. The molecule has 1 heterocycles. The summed E-state index contributed by atoms with van der Waals surface area (Å²) in [6.45, 7) is 1.82. The fourth-order valence-electron chi connectivity index (χ4n) is 2.49. The Bertz CT molecular complexity index is 961. The number of benzene rings is 2. The van der Waals surface area contributed by atoms with E-state index in [1.807, 2.05) is 61.5 Å². The van der Waals surface area contributed by atoms with E-state index < -0.39 is 0 Å². The molecule has 6 heteroatoms. The van der Waals surface area contributed by atoms with Gasteiger partial charge in [-0.15, -0.1) is 5.11 Å². The highest BCUT2D eigenvalue weighted by molar-refractivity contribution is 5.53. The van der Waals surface area contributed by atoms with Crippen molar-refractivity contribution < 1.29 is 0 Å². The van der Waals surface area contributed by atoms with Gasteiger partial charge in [-0.2, -0.15) is 5.11 Å². The molecule has 0 radical (unpaired) electrons. The normalized spacial score (nSPS) is 12.0. The van der Waals surface area contributed by atoms with E-state index in [0.29, 0.717) is 15.9 Å². The Morgan fingerprint density at radius 1 is 0.960 bits per heavy atom. The second kappa shape index (κ2) is 6.49. The summed E-state index contributed by atoms with van der Waals surface area (Å²) in [4.78, 5) is 12.6. The summed E-state index contributed by atoms with van der Waals surface area (Å²) >= 11 is 0. The summed E-state index contributed by atoms with van der Waals surface area (Å²) in [7, 11) is 6.27. The molecule has 0 spiro atoms. The van der Waals surface area contributed by atoms with E-state index in [4.69, 9.17) is 0 Å². The van der Waals surface area contributed by atoms with Crippen LogP contribution in [0.2, 0.25) is 0 Å². The van der Waals surface area contributed by atoms with Gasteiger partial charge in [0.2, 0.25) is 0 Å². The quantitative estimate of drug-likeness (QED) is 0.566. The van der Waals surface area contributed by atoms with Crippen molar-refractivity contribution in [2.24, 2.45) is 10.2 Å². The van der Waals surface area contributed by atoms with Gasteiger partial charge in [0.15, 0.2) is 5.69 Å². The van der Waals surface area contributed by atoms with Crippen LogP contribution in [0.5, 0.6) is 0 Å². The lowest BCUT2D eigenvalue weighted by molar-refractivity contribution is 0.486. The van der Waals surface area contributed by atoms with E-state index in [9.17, 15) is 4.79 Å². The number of nitrogens with one attached hydrogen (secondary N) is 1. The molecule has 0 unspecified atom stereocenters. The van der Waals surface area contributed by atoms with E-state index in [-0.39, 0.29) is 5.56 Å². The minimum Gasteiger partial charge on any atom is -0.298 e. The van der Waals surface area contributed by atoms with Gasteiger partial charge in [-0.1, -0.05) is 24.3 Å². The number of hydrogen-bond acceptors (Lipinski definition) is 3. The van der Waals surface area contributed by atoms with Gasteiger partial charge in [-0.25, -0.2) is 4.68 Å². The van der Waals surface area contributed by atoms with Crippen LogP contribution in [0.25, 0.3) is 5.69 Å². The molecular weight excluding hydrogens is 314 g/mol. The average Bonchev–Trinajstić information content (AvgIpc) is 2.88. The predicted octanol–water partition coefficient (Wildman–Crippen LogP) is 4.09. The fourth-order valence-corrected chi connectivity index (χ4v) is 2.49. The van der Waals surface area contributed by atoms with Crippen LogP contribution in [0.1, 0.15) is 5.69 Å². The Balaban J connectivity index is 1.96. The largest absolute Gasteiger partial charge is 0.299 e. The van der Waals surface area contributed by atoms with Crippen molar-refractivity contribution in [3.63, 3.8) is 0 Å². The molecule has 0 bridgehead atoms. The van der Waals surface area contributed by atoms with Crippen molar-refractivity contribution in [3.05, 3.63) is 70.6 Å². The molecule has 0 saturated heterocycles. The van der Waals surface area contributed by atoms with Crippen molar-refractivity contribution in [3.8, 4) is 5.69 Å². The third-order valence-corrected chi connectivity index (χ3v) is 3.92. The zero-order chi connectivity index (χ0) is 18.0. The van der Waals surface area contributed by atoms with Gasteiger partial charge in [0, 0.05) is 6.07 Å². The smallest absolute Gasteiger partial charge is 0.298 e. The van der Waals surface area contributed by atoms with E-state index >= 15 is 0 Å². The molecule has 0 amide bonds. The Morgan fingerprint density at radius 3 is 2.36 bits per heavy atom. The highest BCUT2D eigenvalue weighted by Gasteiger charge is 2.13. The average molecular weight is 336 g/mol. The first-order valence-electron chi connectivity index (χ1n) is 8.07. The van der Waals surface area contributed by atoms with Crippen LogP contribution in [-0.2, 0) is 0 Å². The number of hydrogen-bond donors (Lipinski definition) is 1. The fraction of sp³-hybridized carbons (Fsp3) is 0.211. The molecule has 6 nitrogen and oxygen atoms in total. The number of nitrogens with zero attached hydrogens (tertiary/aromatic N) is 4. The Kier molecular flexibility index (Phi) is 4.37. The highest BCUT2D eigenvalue weighted by atomic mass is 16.1. The molecule has 3 rings (SSSR count). The monoisotopic (exact) mass is 336 g/mol. The maximum Gasteiger partial charge on any atom is 0.299 e. The second-order valence-corrected chi connectivity index (χ2v) is 6.79. The van der Waals surface area contributed by atoms with Gasteiger partial charge in [-0.05, 0) is 31.2 Å². The molecule has 0 atom stereocenters. The Morgan fingerprint density at radius 2 is 1.68 bits per heavy atom. The Labute approximate surface area is 146 Å². The summed E-state index contributed by atoms with van der Waals surface area (Å²) < 4.78 is 2.17. The third-order valence-electron chi connectivity index (χ3n) is 3.92. The molecule has 0 saturated carbocycles. The number of H-pyrrole nitrogens is 1. The second-order valence-electron chi connectivity index (χ2n) is 6.79. The van der Waals surface area contributed by atoms with Crippen molar-refractivity contribution >= 4 is 17.1 Å². The zero-order valence-corrected chi connectivity index (χ0v) is 14.9. The molecule has 0 aliphatic carbocycles. The predicted molar refractivity (Wildman–Crippen MR) is 101 cm³/mol. The first-order chi connectivity index (χ1) is 11.9. The van der Waals surface area contributed by atoms with Gasteiger partial charge in [0.1, 0.15) is 5.69 Å². The summed E-state index contributed by atoms with van der Waals surface area (Å²) in [5.74, 6) is 0. The van der Waals surface area contributed by atoms with E-state index in [1.165, 1.54) is 4.68 Å². The summed E-state index contributed by atoms with van der Waals surface area (Å²) in [6.07, 6.45) is 0. The number of azo groups is 1. The summed E-state index contributed by atoms with van der Waals surface area (Å²) in [6, 6.07) is 17.2. The summed E-state index contributed by atoms with van der Waals surface area (Å²) in [5.41, 5.74) is 3.39. The third kappa shape index (κ3) is 3.59. The summed E-state index contributed by atoms with van der Waals surface area (Å²) in [5, 5.41) is 11.5. The first-order valence-corrected chi connectivity index (χ1v) is 8.07. The lowest BCUT2D eigenvalue weighted by Crippen LogP contribution is -2.34. The number of aromatic nitrogens is 2. The van der Waals surface area contributed by atoms with Crippen LogP contribution in [0.4, 0.5) is 17.1 Å². The van der Waals surface area contributed by atoms with E-state index in [1.54, 1.807) is 0 Å². The first kappa shape index (κ1) is 16.9. The van der Waals surface area contributed by atoms with Gasteiger partial charge < -0.3 is 0 Å². The van der Waals surface area contributed by atoms with Crippen LogP contribution in [0.15, 0.2) is 69.6 Å². The SMILES string of the molecule is Cc1[nH]n(-c2ccccc2)c(=O)c1/N=N/c1cccc([N+](C)(C)C)c1. The van der Waals surface area contributed by atoms with Crippen LogP contribution < -0.4 is 10.0 Å². The van der Waals surface area contributed by atoms with Crippen LogP contribution in [0, 0.1) is 6.92 Å². The van der Waals surface area contributed by atoms with E-state index in [2.05, 4.69) is 36.5 Å². The number of aromatic amines is 1. The number of aryl methyl sites for hydroxylation is 1. The maximum absolute atomic E-state index is 12.6. The topological polar surface area (TPSA) is 62.5 Å². The molecule has 128 valence electrons. The standard InChI is InChI=1S/C19H21N5O/c1-14-18(19(25)23(22-14)16-10-6-5-7-11-16)21-20-15-9-8-12-17(13-15)24(2,3)4/h5-13H,1-4H3/p+1. The van der Waals surface area contributed by atoms with Crippen LogP contribution in [-0.4, -0.2) is 30.9 Å². The van der Waals surface area contributed by atoms with Gasteiger partial charge >= 0.3 is 0 Å². The molecular formula is C19H22N5O+. The number of rotatable bonds is 4. The van der Waals surface area contributed by atoms with E-state index in [0.717, 1.165) is 17.1 Å². The Hall–Kier alpha value is -2.99. The molecule has 1 aromatic heterocycles. The van der Waals surface area contributed by atoms with Crippen molar-refractivity contribution in [1.82, 2.24) is 14.3 Å². The van der Waals surface area contributed by atoms with Crippen LogP contribution in [0.3, 0.4) is 0 Å².